The summed E-state index contributed by atoms with van der Waals surface area (Å²) in [6.07, 6.45) is 0. The van der Waals surface area contributed by atoms with Gasteiger partial charge in [-0.05, 0) is 13.0 Å². The first kappa shape index (κ1) is 11.8. The molecule has 0 atom stereocenters. The summed E-state index contributed by atoms with van der Waals surface area (Å²) >= 11 is 0. The van der Waals surface area contributed by atoms with Crippen LogP contribution >= 0.6 is 0 Å². The summed E-state index contributed by atoms with van der Waals surface area (Å²) in [5.74, 6) is 0.676. The summed E-state index contributed by atoms with van der Waals surface area (Å²) < 4.78 is 22.6. The van der Waals surface area contributed by atoms with Crippen molar-refractivity contribution in [3.05, 3.63) is 17.5 Å². The largest absolute Gasteiger partial charge is 0.339 e. The highest BCUT2D eigenvalue weighted by molar-refractivity contribution is 7.91. The lowest BCUT2D eigenvalue weighted by Gasteiger charge is -2.26. The molecule has 1 aliphatic rings. The second kappa shape index (κ2) is 4.30. The Bertz CT molecular complexity index is 562. The predicted molar refractivity (Wildman–Crippen MR) is 62.4 cm³/mol. The molecule has 0 radical (unpaired) electrons. The van der Waals surface area contributed by atoms with E-state index >= 15 is 0 Å². The molecule has 1 aromatic rings. The van der Waals surface area contributed by atoms with E-state index in [2.05, 4.69) is 9.97 Å². The van der Waals surface area contributed by atoms with Crippen molar-refractivity contribution >= 4 is 15.8 Å². The highest BCUT2D eigenvalue weighted by atomic mass is 32.2. The molecule has 7 heteroatoms. The van der Waals surface area contributed by atoms with Gasteiger partial charge in [-0.1, -0.05) is 0 Å². The molecule has 1 saturated heterocycles. The van der Waals surface area contributed by atoms with Gasteiger partial charge in [0.1, 0.15) is 11.8 Å². The standard InChI is InChI=1S/C10H12N4O2S/c1-8-6-9(7-11)13-10(12-8)14-2-4-17(15,16)5-3-14/h6H,2-5H2,1H3. The van der Waals surface area contributed by atoms with Crippen molar-refractivity contribution in [2.75, 3.05) is 29.5 Å². The lowest BCUT2D eigenvalue weighted by Crippen LogP contribution is -2.41. The van der Waals surface area contributed by atoms with Gasteiger partial charge in [-0.15, -0.1) is 0 Å². The first-order valence-corrected chi connectivity index (χ1v) is 7.03. The van der Waals surface area contributed by atoms with E-state index in [4.69, 9.17) is 5.26 Å². The zero-order valence-electron chi connectivity index (χ0n) is 9.42. The highest BCUT2D eigenvalue weighted by Gasteiger charge is 2.23. The molecular formula is C10H12N4O2S. The molecule has 1 aromatic heterocycles. The zero-order chi connectivity index (χ0) is 12.5. The van der Waals surface area contributed by atoms with Gasteiger partial charge in [0.05, 0.1) is 11.5 Å². The Morgan fingerprint density at radius 1 is 1.35 bits per heavy atom. The Labute approximate surface area is 99.8 Å². The summed E-state index contributed by atoms with van der Waals surface area (Å²) in [6, 6.07) is 3.57. The predicted octanol–water partition coefficient (Wildman–Crippen LogP) is -0.109. The van der Waals surface area contributed by atoms with Gasteiger partial charge >= 0.3 is 0 Å². The van der Waals surface area contributed by atoms with Crippen LogP contribution in [0.4, 0.5) is 5.95 Å². The second-order valence-corrected chi connectivity index (χ2v) is 6.25. The third kappa shape index (κ3) is 2.71. The molecule has 0 amide bonds. The highest BCUT2D eigenvalue weighted by Crippen LogP contribution is 2.13. The number of anilines is 1. The maximum absolute atomic E-state index is 11.3. The minimum absolute atomic E-state index is 0.117. The summed E-state index contributed by atoms with van der Waals surface area (Å²) in [6.45, 7) is 2.56. The fourth-order valence-corrected chi connectivity index (χ4v) is 2.87. The van der Waals surface area contributed by atoms with Crippen molar-refractivity contribution in [2.45, 2.75) is 6.92 Å². The van der Waals surface area contributed by atoms with Gasteiger partial charge < -0.3 is 4.90 Å². The molecule has 1 aliphatic heterocycles. The Morgan fingerprint density at radius 3 is 2.59 bits per heavy atom. The van der Waals surface area contributed by atoms with Gasteiger partial charge in [0, 0.05) is 18.8 Å². The van der Waals surface area contributed by atoms with Gasteiger partial charge in [0.2, 0.25) is 5.95 Å². The third-order valence-electron chi connectivity index (χ3n) is 2.58. The normalized spacial score (nSPS) is 18.7. The molecule has 6 nitrogen and oxygen atoms in total. The van der Waals surface area contributed by atoms with Gasteiger partial charge in [0.25, 0.3) is 0 Å². The lowest BCUT2D eigenvalue weighted by molar-refractivity contribution is 0.585. The number of aromatic nitrogens is 2. The second-order valence-electron chi connectivity index (χ2n) is 3.95. The lowest BCUT2D eigenvalue weighted by atomic mass is 10.3. The Kier molecular flexibility index (Phi) is 2.98. The smallest absolute Gasteiger partial charge is 0.226 e. The molecule has 2 heterocycles. The minimum Gasteiger partial charge on any atom is -0.339 e. The first-order valence-electron chi connectivity index (χ1n) is 5.21. The number of nitriles is 1. The maximum Gasteiger partial charge on any atom is 0.226 e. The van der Waals surface area contributed by atoms with E-state index in [1.54, 1.807) is 17.9 Å². The van der Waals surface area contributed by atoms with Crippen LogP contribution in [0.2, 0.25) is 0 Å². The van der Waals surface area contributed by atoms with Crippen LogP contribution in [0.5, 0.6) is 0 Å². The van der Waals surface area contributed by atoms with Crippen LogP contribution in [0, 0.1) is 18.3 Å². The van der Waals surface area contributed by atoms with Crippen LogP contribution in [-0.4, -0.2) is 43.0 Å². The summed E-state index contributed by atoms with van der Waals surface area (Å²) in [7, 11) is -2.91. The average molecular weight is 252 g/mol. The zero-order valence-corrected chi connectivity index (χ0v) is 10.2. The van der Waals surface area contributed by atoms with E-state index in [0.717, 1.165) is 0 Å². The quantitative estimate of drug-likeness (QED) is 0.693. The number of hydrogen-bond donors (Lipinski definition) is 0. The van der Waals surface area contributed by atoms with Crippen LogP contribution in [0.25, 0.3) is 0 Å². The molecule has 0 aliphatic carbocycles. The van der Waals surface area contributed by atoms with Gasteiger partial charge in [-0.3, -0.25) is 0 Å². The molecule has 90 valence electrons. The van der Waals surface area contributed by atoms with E-state index in [0.29, 0.717) is 30.4 Å². The van der Waals surface area contributed by atoms with E-state index in [1.165, 1.54) is 0 Å². The van der Waals surface area contributed by atoms with Crippen molar-refractivity contribution in [1.82, 2.24) is 9.97 Å². The number of aryl methyl sites for hydroxylation is 1. The molecule has 0 bridgehead atoms. The number of rotatable bonds is 1. The summed E-state index contributed by atoms with van der Waals surface area (Å²) in [4.78, 5) is 10.1. The Hall–Kier alpha value is -1.68. The molecule has 0 unspecified atom stereocenters. The van der Waals surface area contributed by atoms with Crippen molar-refractivity contribution in [1.29, 1.82) is 5.26 Å². The SMILES string of the molecule is Cc1cc(C#N)nc(N2CCS(=O)(=O)CC2)n1. The fraction of sp³-hybridized carbons (Fsp3) is 0.500. The van der Waals surface area contributed by atoms with Crippen molar-refractivity contribution < 1.29 is 8.42 Å². The van der Waals surface area contributed by atoms with Gasteiger partial charge in [-0.25, -0.2) is 18.4 Å². The van der Waals surface area contributed by atoms with Crippen molar-refractivity contribution in [2.24, 2.45) is 0 Å². The molecule has 0 aromatic carbocycles. The minimum atomic E-state index is -2.91. The maximum atomic E-state index is 11.3. The molecular weight excluding hydrogens is 240 g/mol. The van der Waals surface area contributed by atoms with Crippen LogP contribution in [-0.2, 0) is 9.84 Å². The Morgan fingerprint density at radius 2 is 2.00 bits per heavy atom. The Balaban J connectivity index is 2.24. The van der Waals surface area contributed by atoms with Crippen LogP contribution in [0.1, 0.15) is 11.4 Å². The fourth-order valence-electron chi connectivity index (χ4n) is 1.66. The number of nitrogens with zero attached hydrogens (tertiary/aromatic N) is 4. The van der Waals surface area contributed by atoms with E-state index < -0.39 is 9.84 Å². The number of hydrogen-bond acceptors (Lipinski definition) is 6. The molecule has 0 saturated carbocycles. The molecule has 0 N–H and O–H groups in total. The van der Waals surface area contributed by atoms with Crippen LogP contribution < -0.4 is 4.90 Å². The van der Waals surface area contributed by atoms with Crippen LogP contribution in [0.3, 0.4) is 0 Å². The molecule has 0 spiro atoms. The molecule has 2 rings (SSSR count). The average Bonchev–Trinajstić information content (AvgIpc) is 2.28. The van der Waals surface area contributed by atoms with Gasteiger partial charge in [-0.2, -0.15) is 5.26 Å². The third-order valence-corrected chi connectivity index (χ3v) is 4.19. The first-order chi connectivity index (χ1) is 8.00. The van der Waals surface area contributed by atoms with E-state index in [1.807, 2.05) is 6.07 Å². The summed E-state index contributed by atoms with van der Waals surface area (Å²) in [5, 5.41) is 8.81. The van der Waals surface area contributed by atoms with Crippen molar-refractivity contribution in [3.63, 3.8) is 0 Å². The summed E-state index contributed by atoms with van der Waals surface area (Å²) in [5.41, 5.74) is 1.01. The van der Waals surface area contributed by atoms with E-state index in [9.17, 15) is 8.42 Å². The van der Waals surface area contributed by atoms with E-state index in [-0.39, 0.29) is 11.5 Å². The van der Waals surface area contributed by atoms with Crippen molar-refractivity contribution in [3.8, 4) is 6.07 Å². The number of sulfone groups is 1. The molecule has 1 fully saturated rings. The molecule has 17 heavy (non-hydrogen) atoms. The van der Waals surface area contributed by atoms with Crippen LogP contribution in [0.15, 0.2) is 6.07 Å². The van der Waals surface area contributed by atoms with Gasteiger partial charge in [0.15, 0.2) is 9.84 Å². The topological polar surface area (TPSA) is 87.0 Å². The monoisotopic (exact) mass is 252 g/mol.